The fourth-order valence-electron chi connectivity index (χ4n) is 0.876. The first-order valence-electron chi connectivity index (χ1n) is 4.12. The molecule has 1 rings (SSSR count). The summed E-state index contributed by atoms with van der Waals surface area (Å²) in [5.41, 5.74) is 0.564. The Bertz CT molecular complexity index is 326. The second-order valence-electron chi connectivity index (χ2n) is 2.88. The Labute approximate surface area is 82.7 Å². The summed E-state index contributed by atoms with van der Waals surface area (Å²) in [7, 11) is 4.84. The predicted molar refractivity (Wildman–Crippen MR) is 53.5 cm³/mol. The summed E-state index contributed by atoms with van der Waals surface area (Å²) >= 11 is 0. The van der Waals surface area contributed by atoms with E-state index in [-0.39, 0.29) is 6.03 Å². The minimum absolute atomic E-state index is 0.212. The fourth-order valence-corrected chi connectivity index (χ4v) is 0.876. The van der Waals surface area contributed by atoms with Gasteiger partial charge in [0.25, 0.3) is 0 Å². The quantitative estimate of drug-likeness (QED) is 0.771. The van der Waals surface area contributed by atoms with Crippen molar-refractivity contribution in [1.29, 1.82) is 0 Å². The number of pyridine rings is 1. The molecule has 76 valence electrons. The van der Waals surface area contributed by atoms with Gasteiger partial charge in [-0.2, -0.15) is 0 Å². The monoisotopic (exact) mass is 195 g/mol. The molecule has 1 heterocycles. The highest BCUT2D eigenvalue weighted by Gasteiger charge is 2.08. The normalized spacial score (nSPS) is 9.36. The largest absolute Gasteiger partial charge is 0.480 e. The molecule has 0 radical (unpaired) electrons. The first-order valence-corrected chi connectivity index (χ1v) is 4.12. The number of nitrogens with one attached hydrogen (secondary N) is 1. The van der Waals surface area contributed by atoms with Crippen molar-refractivity contribution in [3.05, 3.63) is 18.3 Å². The van der Waals surface area contributed by atoms with Gasteiger partial charge in [-0.25, -0.2) is 9.78 Å². The average Bonchev–Trinajstić information content (AvgIpc) is 2.18. The summed E-state index contributed by atoms with van der Waals surface area (Å²) in [5.74, 6) is 0.405. The number of hydrogen-bond donors (Lipinski definition) is 1. The number of amides is 2. The molecule has 0 aliphatic rings. The highest BCUT2D eigenvalue weighted by atomic mass is 16.5. The molecule has 0 aromatic carbocycles. The van der Waals surface area contributed by atoms with Crippen molar-refractivity contribution in [3.8, 4) is 5.88 Å². The van der Waals surface area contributed by atoms with E-state index in [2.05, 4.69) is 10.3 Å². The Morgan fingerprint density at radius 3 is 2.86 bits per heavy atom. The van der Waals surface area contributed by atoms with E-state index in [1.165, 1.54) is 12.0 Å². The number of anilines is 1. The van der Waals surface area contributed by atoms with Gasteiger partial charge in [-0.1, -0.05) is 0 Å². The summed E-state index contributed by atoms with van der Waals surface area (Å²) in [5, 5.41) is 2.66. The summed E-state index contributed by atoms with van der Waals surface area (Å²) in [6, 6.07) is 3.25. The predicted octanol–water partition coefficient (Wildman–Crippen LogP) is 1.18. The minimum Gasteiger partial charge on any atom is -0.480 e. The smallest absolute Gasteiger partial charge is 0.321 e. The van der Waals surface area contributed by atoms with Crippen LogP contribution in [-0.2, 0) is 0 Å². The highest BCUT2D eigenvalue weighted by Crippen LogP contribution is 2.19. The number of carbonyl (C=O) groups excluding carboxylic acids is 1. The third-order valence-corrected chi connectivity index (χ3v) is 1.61. The van der Waals surface area contributed by atoms with Crippen LogP contribution in [0.1, 0.15) is 0 Å². The number of aromatic nitrogens is 1. The summed E-state index contributed by atoms with van der Waals surface area (Å²) < 4.78 is 4.98. The van der Waals surface area contributed by atoms with Crippen LogP contribution >= 0.6 is 0 Å². The molecule has 1 aromatic rings. The number of nitrogens with zero attached hydrogens (tertiary/aromatic N) is 2. The average molecular weight is 195 g/mol. The van der Waals surface area contributed by atoms with Crippen molar-refractivity contribution in [2.75, 3.05) is 26.5 Å². The van der Waals surface area contributed by atoms with Gasteiger partial charge < -0.3 is 15.0 Å². The number of methoxy groups -OCH3 is 1. The first-order chi connectivity index (χ1) is 6.65. The number of hydrogen-bond acceptors (Lipinski definition) is 3. The lowest BCUT2D eigenvalue weighted by molar-refractivity contribution is 0.230. The fraction of sp³-hybridized carbons (Fsp3) is 0.333. The van der Waals surface area contributed by atoms with Gasteiger partial charge in [-0.15, -0.1) is 0 Å². The number of urea groups is 1. The van der Waals surface area contributed by atoms with Crippen molar-refractivity contribution < 1.29 is 9.53 Å². The van der Waals surface area contributed by atoms with Crippen LogP contribution in [0.5, 0.6) is 5.88 Å². The molecule has 0 aliphatic heterocycles. The first kappa shape index (κ1) is 10.3. The van der Waals surface area contributed by atoms with E-state index in [0.717, 1.165) is 0 Å². The molecule has 2 amide bonds. The zero-order valence-electron chi connectivity index (χ0n) is 8.44. The van der Waals surface area contributed by atoms with Gasteiger partial charge in [0.1, 0.15) is 5.69 Å². The van der Waals surface area contributed by atoms with Crippen LogP contribution in [0.2, 0.25) is 0 Å². The van der Waals surface area contributed by atoms with Crippen LogP contribution in [-0.4, -0.2) is 37.1 Å². The number of carbonyl (C=O) groups is 1. The third kappa shape index (κ3) is 2.35. The lowest BCUT2D eigenvalue weighted by Gasteiger charge is -2.13. The van der Waals surface area contributed by atoms with Crippen molar-refractivity contribution in [2.45, 2.75) is 0 Å². The Hall–Kier alpha value is -1.78. The Balaban J connectivity index is 2.80. The van der Waals surface area contributed by atoms with E-state index in [1.807, 2.05) is 0 Å². The van der Waals surface area contributed by atoms with Crippen molar-refractivity contribution in [2.24, 2.45) is 0 Å². The zero-order valence-corrected chi connectivity index (χ0v) is 8.44. The topological polar surface area (TPSA) is 54.5 Å². The SMILES string of the molecule is COc1ncccc1NC(=O)N(C)C. The van der Waals surface area contributed by atoms with Crippen LogP contribution in [0.15, 0.2) is 18.3 Å². The van der Waals surface area contributed by atoms with Crippen LogP contribution in [0, 0.1) is 0 Å². The number of rotatable bonds is 2. The van der Waals surface area contributed by atoms with Gasteiger partial charge in [0.2, 0.25) is 5.88 Å². The van der Waals surface area contributed by atoms with Crippen molar-refractivity contribution >= 4 is 11.7 Å². The maximum absolute atomic E-state index is 11.3. The molecule has 0 bridgehead atoms. The van der Waals surface area contributed by atoms with E-state index in [9.17, 15) is 4.79 Å². The highest BCUT2D eigenvalue weighted by molar-refractivity contribution is 5.90. The Morgan fingerprint density at radius 2 is 2.29 bits per heavy atom. The molecule has 1 aromatic heterocycles. The van der Waals surface area contributed by atoms with Crippen molar-refractivity contribution in [3.63, 3.8) is 0 Å². The molecule has 0 unspecified atom stereocenters. The molecule has 0 fully saturated rings. The second kappa shape index (κ2) is 4.45. The maximum Gasteiger partial charge on any atom is 0.321 e. The maximum atomic E-state index is 11.3. The summed E-state index contributed by atoms with van der Waals surface area (Å²) in [6.07, 6.45) is 1.60. The van der Waals surface area contributed by atoms with Gasteiger partial charge in [0.05, 0.1) is 7.11 Å². The Morgan fingerprint density at radius 1 is 1.57 bits per heavy atom. The molecule has 5 heteroatoms. The molecule has 14 heavy (non-hydrogen) atoms. The molecular weight excluding hydrogens is 182 g/mol. The van der Waals surface area contributed by atoms with Crippen LogP contribution in [0.4, 0.5) is 10.5 Å². The molecule has 0 atom stereocenters. The zero-order chi connectivity index (χ0) is 10.6. The third-order valence-electron chi connectivity index (χ3n) is 1.61. The molecule has 0 saturated carbocycles. The molecule has 0 saturated heterocycles. The van der Waals surface area contributed by atoms with E-state index in [0.29, 0.717) is 11.6 Å². The molecule has 5 nitrogen and oxygen atoms in total. The van der Waals surface area contributed by atoms with E-state index in [4.69, 9.17) is 4.74 Å². The van der Waals surface area contributed by atoms with Crippen LogP contribution < -0.4 is 10.1 Å². The van der Waals surface area contributed by atoms with Crippen molar-refractivity contribution in [1.82, 2.24) is 9.88 Å². The minimum atomic E-state index is -0.212. The van der Waals surface area contributed by atoms with E-state index in [1.54, 1.807) is 32.4 Å². The standard InChI is InChI=1S/C9H13N3O2/c1-12(2)9(13)11-7-5-4-6-10-8(7)14-3/h4-6H,1-3H3,(H,11,13). The molecule has 0 spiro atoms. The Kier molecular flexibility index (Phi) is 3.28. The molecular formula is C9H13N3O2. The molecule has 0 aliphatic carbocycles. The van der Waals surface area contributed by atoms with Gasteiger partial charge in [0, 0.05) is 20.3 Å². The molecule has 1 N–H and O–H groups in total. The van der Waals surface area contributed by atoms with Gasteiger partial charge >= 0.3 is 6.03 Å². The van der Waals surface area contributed by atoms with Gasteiger partial charge in [-0.3, -0.25) is 0 Å². The van der Waals surface area contributed by atoms with Crippen LogP contribution in [0.3, 0.4) is 0 Å². The van der Waals surface area contributed by atoms with E-state index >= 15 is 0 Å². The second-order valence-corrected chi connectivity index (χ2v) is 2.88. The summed E-state index contributed by atoms with van der Waals surface area (Å²) in [4.78, 5) is 16.7. The van der Waals surface area contributed by atoms with Gasteiger partial charge in [-0.05, 0) is 12.1 Å². The summed E-state index contributed by atoms with van der Waals surface area (Å²) in [6.45, 7) is 0. The number of ether oxygens (including phenoxy) is 1. The lowest BCUT2D eigenvalue weighted by Crippen LogP contribution is -2.27. The van der Waals surface area contributed by atoms with Crippen LogP contribution in [0.25, 0.3) is 0 Å². The lowest BCUT2D eigenvalue weighted by atomic mass is 10.4. The van der Waals surface area contributed by atoms with Gasteiger partial charge in [0.15, 0.2) is 0 Å². The van der Waals surface area contributed by atoms with E-state index < -0.39 is 0 Å².